The van der Waals surface area contributed by atoms with Crippen molar-refractivity contribution in [2.75, 3.05) is 18.5 Å². The molecule has 0 radical (unpaired) electrons. The summed E-state index contributed by atoms with van der Waals surface area (Å²) in [6.45, 7) is 1.34. The highest BCUT2D eigenvalue weighted by molar-refractivity contribution is 5.91. The van der Waals surface area contributed by atoms with E-state index >= 15 is 0 Å². The maximum absolute atomic E-state index is 10.9. The van der Waals surface area contributed by atoms with E-state index in [9.17, 15) is 4.79 Å². The van der Waals surface area contributed by atoms with E-state index in [1.165, 1.54) is 6.20 Å². The fourth-order valence-electron chi connectivity index (χ4n) is 1.56. The summed E-state index contributed by atoms with van der Waals surface area (Å²) in [6, 6.07) is 3.62. The summed E-state index contributed by atoms with van der Waals surface area (Å²) >= 11 is 0. The highest BCUT2D eigenvalue weighted by Crippen LogP contribution is 2.16. The predicted molar refractivity (Wildman–Crippen MR) is 54.0 cm³/mol. The molecule has 0 saturated carbocycles. The highest BCUT2D eigenvalue weighted by atomic mass is 16.5. The topological polar surface area (TPSA) is 71.5 Å². The Kier molecular flexibility index (Phi) is 2.82. The van der Waals surface area contributed by atoms with Crippen molar-refractivity contribution in [3.05, 3.63) is 24.0 Å². The van der Waals surface area contributed by atoms with Gasteiger partial charge in [0.15, 0.2) is 5.69 Å². The van der Waals surface area contributed by atoms with Crippen LogP contribution in [0.15, 0.2) is 18.3 Å². The molecular formula is C10H12N2O3. The Hall–Kier alpha value is -1.62. The van der Waals surface area contributed by atoms with Crippen LogP contribution in [0, 0.1) is 0 Å². The van der Waals surface area contributed by atoms with Crippen LogP contribution in [0.1, 0.15) is 16.9 Å². The molecule has 1 aliphatic heterocycles. The first-order valence-electron chi connectivity index (χ1n) is 4.80. The lowest BCUT2D eigenvalue weighted by Crippen LogP contribution is -2.21. The van der Waals surface area contributed by atoms with Gasteiger partial charge < -0.3 is 15.2 Å². The zero-order valence-corrected chi connectivity index (χ0v) is 8.14. The number of pyridine rings is 1. The summed E-state index contributed by atoms with van der Waals surface area (Å²) in [5.41, 5.74) is 0.616. The maximum atomic E-state index is 10.9. The quantitative estimate of drug-likeness (QED) is 0.774. The summed E-state index contributed by atoms with van der Waals surface area (Å²) in [5, 5.41) is 12.0. The van der Waals surface area contributed by atoms with Crippen LogP contribution < -0.4 is 5.32 Å². The van der Waals surface area contributed by atoms with Gasteiger partial charge in [-0.1, -0.05) is 0 Å². The Morgan fingerprint density at radius 2 is 2.53 bits per heavy atom. The number of nitrogens with one attached hydrogen (secondary N) is 1. The number of hydrogen-bond donors (Lipinski definition) is 2. The molecule has 1 atom stereocenters. The lowest BCUT2D eigenvalue weighted by Gasteiger charge is -2.13. The Labute approximate surface area is 87.1 Å². The number of carboxylic acids is 1. The molecule has 1 unspecified atom stereocenters. The Bertz CT molecular complexity index is 361. The summed E-state index contributed by atoms with van der Waals surface area (Å²) in [5.74, 6) is -1.02. The van der Waals surface area contributed by atoms with E-state index in [1.807, 2.05) is 0 Å². The first-order chi connectivity index (χ1) is 7.27. The summed E-state index contributed by atoms with van der Waals surface area (Å²) in [6.07, 6.45) is 2.37. The molecule has 2 N–H and O–H groups in total. The lowest BCUT2D eigenvalue weighted by atomic mass is 10.2. The first kappa shape index (κ1) is 9.92. The van der Waals surface area contributed by atoms with Crippen LogP contribution in [-0.2, 0) is 4.74 Å². The standard InChI is InChI=1S/C10H12N2O3/c13-10(14)9-8(2-1-4-11-9)12-7-3-5-15-6-7/h1-2,4,7,12H,3,5-6H2,(H,13,14). The number of rotatable bonds is 3. The third-order valence-corrected chi connectivity index (χ3v) is 2.30. The van der Waals surface area contributed by atoms with E-state index in [0.717, 1.165) is 13.0 Å². The molecule has 1 aromatic heterocycles. The minimum absolute atomic E-state index is 0.0596. The monoisotopic (exact) mass is 208 g/mol. The van der Waals surface area contributed by atoms with Crippen molar-refractivity contribution in [1.82, 2.24) is 4.98 Å². The average molecular weight is 208 g/mol. The molecule has 0 aliphatic carbocycles. The van der Waals surface area contributed by atoms with Gasteiger partial charge >= 0.3 is 5.97 Å². The van der Waals surface area contributed by atoms with Crippen molar-refractivity contribution < 1.29 is 14.6 Å². The van der Waals surface area contributed by atoms with E-state index in [1.54, 1.807) is 12.1 Å². The number of hydrogen-bond acceptors (Lipinski definition) is 4. The van der Waals surface area contributed by atoms with E-state index in [4.69, 9.17) is 9.84 Å². The van der Waals surface area contributed by atoms with Gasteiger partial charge in [0.05, 0.1) is 18.3 Å². The molecule has 1 aromatic rings. The molecular weight excluding hydrogens is 196 g/mol. The van der Waals surface area contributed by atoms with Gasteiger partial charge in [-0.05, 0) is 18.6 Å². The second-order valence-electron chi connectivity index (χ2n) is 3.41. The fourth-order valence-corrected chi connectivity index (χ4v) is 1.56. The zero-order chi connectivity index (χ0) is 10.7. The van der Waals surface area contributed by atoms with Crippen LogP contribution in [0.3, 0.4) is 0 Å². The van der Waals surface area contributed by atoms with E-state index in [0.29, 0.717) is 12.3 Å². The highest BCUT2D eigenvalue weighted by Gasteiger charge is 2.18. The van der Waals surface area contributed by atoms with E-state index in [2.05, 4.69) is 10.3 Å². The SMILES string of the molecule is O=C(O)c1ncccc1NC1CCOC1. The van der Waals surface area contributed by atoms with Crippen molar-refractivity contribution >= 4 is 11.7 Å². The van der Waals surface area contributed by atoms with Gasteiger partial charge in [0.1, 0.15) is 0 Å². The van der Waals surface area contributed by atoms with Gasteiger partial charge in [-0.3, -0.25) is 0 Å². The number of ether oxygens (including phenoxy) is 1. The third-order valence-electron chi connectivity index (χ3n) is 2.30. The van der Waals surface area contributed by atoms with E-state index < -0.39 is 5.97 Å². The van der Waals surface area contributed by atoms with Gasteiger partial charge in [0.2, 0.25) is 0 Å². The smallest absolute Gasteiger partial charge is 0.356 e. The van der Waals surface area contributed by atoms with Gasteiger partial charge in [-0.25, -0.2) is 9.78 Å². The molecule has 80 valence electrons. The second kappa shape index (κ2) is 4.27. The molecule has 2 heterocycles. The average Bonchev–Trinajstić information content (AvgIpc) is 2.71. The molecule has 1 fully saturated rings. The molecule has 2 rings (SSSR count). The minimum atomic E-state index is -1.02. The summed E-state index contributed by atoms with van der Waals surface area (Å²) in [7, 11) is 0. The van der Waals surface area contributed by atoms with Crippen molar-refractivity contribution in [3.63, 3.8) is 0 Å². The van der Waals surface area contributed by atoms with Crippen LogP contribution in [0.2, 0.25) is 0 Å². The van der Waals surface area contributed by atoms with Crippen LogP contribution >= 0.6 is 0 Å². The molecule has 1 saturated heterocycles. The predicted octanol–water partition coefficient (Wildman–Crippen LogP) is 0.981. The Morgan fingerprint density at radius 1 is 1.67 bits per heavy atom. The molecule has 0 spiro atoms. The van der Waals surface area contributed by atoms with Gasteiger partial charge in [-0.2, -0.15) is 0 Å². The fraction of sp³-hybridized carbons (Fsp3) is 0.400. The number of carbonyl (C=O) groups is 1. The molecule has 5 heteroatoms. The molecule has 0 amide bonds. The lowest BCUT2D eigenvalue weighted by molar-refractivity contribution is 0.0691. The van der Waals surface area contributed by atoms with Crippen molar-refractivity contribution in [2.24, 2.45) is 0 Å². The zero-order valence-electron chi connectivity index (χ0n) is 8.14. The van der Waals surface area contributed by atoms with Crippen molar-refractivity contribution in [1.29, 1.82) is 0 Å². The molecule has 15 heavy (non-hydrogen) atoms. The first-order valence-corrected chi connectivity index (χ1v) is 4.80. The van der Waals surface area contributed by atoms with Gasteiger partial charge in [0, 0.05) is 12.8 Å². The number of aromatic carboxylic acids is 1. The number of carboxylic acid groups (broad SMARTS) is 1. The van der Waals surface area contributed by atoms with Crippen molar-refractivity contribution in [3.8, 4) is 0 Å². The summed E-state index contributed by atoms with van der Waals surface area (Å²) in [4.78, 5) is 14.7. The largest absolute Gasteiger partial charge is 0.476 e. The van der Waals surface area contributed by atoms with Crippen LogP contribution in [0.25, 0.3) is 0 Å². The number of anilines is 1. The van der Waals surface area contributed by atoms with Crippen LogP contribution in [-0.4, -0.2) is 35.3 Å². The third kappa shape index (κ3) is 2.24. The normalized spacial score (nSPS) is 20.1. The second-order valence-corrected chi connectivity index (χ2v) is 3.41. The number of aromatic nitrogens is 1. The maximum Gasteiger partial charge on any atom is 0.356 e. The van der Waals surface area contributed by atoms with Crippen molar-refractivity contribution in [2.45, 2.75) is 12.5 Å². The molecule has 0 bridgehead atoms. The van der Waals surface area contributed by atoms with Gasteiger partial charge in [0.25, 0.3) is 0 Å². The minimum Gasteiger partial charge on any atom is -0.476 e. The Balaban J connectivity index is 2.15. The van der Waals surface area contributed by atoms with Gasteiger partial charge in [-0.15, -0.1) is 0 Å². The van der Waals surface area contributed by atoms with Crippen LogP contribution in [0.5, 0.6) is 0 Å². The molecule has 5 nitrogen and oxygen atoms in total. The molecule has 0 aromatic carbocycles. The summed E-state index contributed by atoms with van der Waals surface area (Å²) < 4.78 is 5.20. The Morgan fingerprint density at radius 3 is 3.20 bits per heavy atom. The molecule has 1 aliphatic rings. The van der Waals surface area contributed by atoms with E-state index in [-0.39, 0.29) is 11.7 Å². The number of nitrogens with zero attached hydrogens (tertiary/aromatic N) is 1. The van der Waals surface area contributed by atoms with Crippen LogP contribution in [0.4, 0.5) is 5.69 Å².